The largest absolute Gasteiger partial charge is 0.432 e. The molecule has 0 bridgehead atoms. The van der Waals surface area contributed by atoms with E-state index in [9.17, 15) is 0 Å². The molecule has 76 valence electrons. The fourth-order valence-corrected chi connectivity index (χ4v) is 2.08. The predicted molar refractivity (Wildman–Crippen MR) is 58.6 cm³/mol. The molecule has 1 atom stereocenters. The summed E-state index contributed by atoms with van der Waals surface area (Å²) in [5, 5.41) is 0.761. The number of hydrogen-bond acceptors (Lipinski definition) is 3. The molecule has 0 radical (unpaired) electrons. The van der Waals surface area contributed by atoms with Gasteiger partial charge in [0.2, 0.25) is 0 Å². The quantitative estimate of drug-likeness (QED) is 0.727. The van der Waals surface area contributed by atoms with Crippen LogP contribution in [0.5, 0.6) is 0 Å². The number of hydrogen-bond donors (Lipinski definition) is 0. The summed E-state index contributed by atoms with van der Waals surface area (Å²) in [6, 6.07) is 8.53. The van der Waals surface area contributed by atoms with Crippen LogP contribution in [0, 0.1) is 0 Å². The highest BCUT2D eigenvalue weighted by molar-refractivity contribution is 6.31. The van der Waals surface area contributed by atoms with E-state index in [1.54, 1.807) is 6.26 Å². The molecule has 0 saturated carbocycles. The van der Waals surface area contributed by atoms with Gasteiger partial charge in [0.1, 0.15) is 6.26 Å². The van der Waals surface area contributed by atoms with Crippen LogP contribution in [0.1, 0.15) is 11.6 Å². The fourth-order valence-electron chi connectivity index (χ4n) is 1.81. The third-order valence-corrected chi connectivity index (χ3v) is 2.90. The average Bonchev–Trinajstić information content (AvgIpc) is 2.77. The summed E-state index contributed by atoms with van der Waals surface area (Å²) in [5.41, 5.74) is 1.05. The SMILES string of the molecule is Clc1ccccc1C1CN2C=COC2=N1. The van der Waals surface area contributed by atoms with Gasteiger partial charge in [-0.1, -0.05) is 29.8 Å². The maximum absolute atomic E-state index is 6.11. The van der Waals surface area contributed by atoms with Gasteiger partial charge in [0, 0.05) is 11.2 Å². The first-order valence-corrected chi connectivity index (χ1v) is 5.14. The lowest BCUT2D eigenvalue weighted by molar-refractivity contribution is 0.443. The third kappa shape index (κ3) is 1.39. The van der Waals surface area contributed by atoms with Crippen molar-refractivity contribution in [3.8, 4) is 0 Å². The zero-order valence-corrected chi connectivity index (χ0v) is 8.69. The summed E-state index contributed by atoms with van der Waals surface area (Å²) < 4.78 is 5.22. The first-order valence-electron chi connectivity index (χ1n) is 4.77. The number of amidine groups is 1. The highest BCUT2D eigenvalue weighted by atomic mass is 35.5. The van der Waals surface area contributed by atoms with Crippen LogP contribution >= 0.6 is 11.6 Å². The van der Waals surface area contributed by atoms with Crippen LogP contribution in [0.3, 0.4) is 0 Å². The van der Waals surface area contributed by atoms with Crippen LogP contribution in [0.4, 0.5) is 0 Å². The van der Waals surface area contributed by atoms with E-state index in [0.29, 0.717) is 6.02 Å². The van der Waals surface area contributed by atoms with Gasteiger partial charge >= 0.3 is 0 Å². The molecule has 3 rings (SSSR count). The minimum Gasteiger partial charge on any atom is -0.432 e. The van der Waals surface area contributed by atoms with Gasteiger partial charge in [0.05, 0.1) is 12.6 Å². The number of rotatable bonds is 1. The Balaban J connectivity index is 1.92. The summed E-state index contributed by atoms with van der Waals surface area (Å²) in [6.45, 7) is 0.801. The molecule has 0 amide bonds. The highest BCUT2D eigenvalue weighted by Crippen LogP contribution is 2.31. The minimum absolute atomic E-state index is 0.0821. The lowest BCUT2D eigenvalue weighted by Crippen LogP contribution is -2.18. The molecule has 0 N–H and O–H groups in total. The van der Waals surface area contributed by atoms with Crippen LogP contribution in [-0.2, 0) is 4.74 Å². The number of ether oxygens (including phenoxy) is 1. The zero-order chi connectivity index (χ0) is 10.3. The van der Waals surface area contributed by atoms with Gasteiger partial charge in [0.15, 0.2) is 0 Å². The van der Waals surface area contributed by atoms with Gasteiger partial charge in [-0.3, -0.25) is 4.90 Å². The highest BCUT2D eigenvalue weighted by Gasteiger charge is 2.29. The van der Waals surface area contributed by atoms with E-state index < -0.39 is 0 Å². The fraction of sp³-hybridized carbons (Fsp3) is 0.182. The van der Waals surface area contributed by atoms with E-state index in [2.05, 4.69) is 4.99 Å². The molecule has 0 aromatic heterocycles. The van der Waals surface area contributed by atoms with Crippen molar-refractivity contribution in [2.45, 2.75) is 6.04 Å². The van der Waals surface area contributed by atoms with Crippen LogP contribution in [0.25, 0.3) is 0 Å². The Morgan fingerprint density at radius 2 is 2.27 bits per heavy atom. The van der Waals surface area contributed by atoms with Crippen LogP contribution in [-0.4, -0.2) is 17.5 Å². The molecular formula is C11H9ClN2O. The average molecular weight is 221 g/mol. The van der Waals surface area contributed by atoms with Crippen molar-refractivity contribution in [3.05, 3.63) is 47.3 Å². The molecular weight excluding hydrogens is 212 g/mol. The predicted octanol–water partition coefficient (Wildman–Crippen LogP) is 2.55. The molecule has 2 heterocycles. The molecule has 1 aromatic carbocycles. The topological polar surface area (TPSA) is 24.8 Å². The molecule has 4 heteroatoms. The lowest BCUT2D eigenvalue weighted by atomic mass is 10.1. The summed E-state index contributed by atoms with van der Waals surface area (Å²) in [7, 11) is 0. The Morgan fingerprint density at radius 1 is 1.40 bits per heavy atom. The van der Waals surface area contributed by atoms with E-state index >= 15 is 0 Å². The Hall–Kier alpha value is -1.48. The number of fused-ring (bicyclic) bond motifs is 1. The van der Waals surface area contributed by atoms with Gasteiger partial charge in [-0.25, -0.2) is 4.99 Å². The van der Waals surface area contributed by atoms with E-state index in [1.165, 1.54) is 0 Å². The third-order valence-electron chi connectivity index (χ3n) is 2.56. The monoisotopic (exact) mass is 220 g/mol. The number of aliphatic imine (C=N–C) groups is 1. The molecule has 0 aliphatic carbocycles. The van der Waals surface area contributed by atoms with Gasteiger partial charge in [0.25, 0.3) is 6.02 Å². The summed E-state index contributed by atoms with van der Waals surface area (Å²) in [4.78, 5) is 6.43. The van der Waals surface area contributed by atoms with Crippen molar-refractivity contribution in [3.63, 3.8) is 0 Å². The van der Waals surface area contributed by atoms with E-state index in [4.69, 9.17) is 16.3 Å². The van der Waals surface area contributed by atoms with Crippen molar-refractivity contribution in [2.24, 2.45) is 4.99 Å². The Labute approximate surface area is 92.6 Å². The van der Waals surface area contributed by atoms with Crippen LogP contribution in [0.15, 0.2) is 41.7 Å². The summed E-state index contributed by atoms with van der Waals surface area (Å²) in [6.07, 6.45) is 3.53. The smallest absolute Gasteiger partial charge is 0.297 e. The Kier molecular flexibility index (Phi) is 1.92. The van der Waals surface area contributed by atoms with Crippen molar-refractivity contribution < 1.29 is 4.74 Å². The summed E-state index contributed by atoms with van der Waals surface area (Å²) in [5.74, 6) is 0. The second-order valence-electron chi connectivity index (χ2n) is 3.50. The van der Waals surface area contributed by atoms with Crippen LogP contribution in [0.2, 0.25) is 5.02 Å². The molecule has 2 aliphatic heterocycles. The molecule has 1 aromatic rings. The molecule has 0 saturated heterocycles. The van der Waals surface area contributed by atoms with Crippen molar-refractivity contribution >= 4 is 17.6 Å². The van der Waals surface area contributed by atoms with Gasteiger partial charge in [-0.15, -0.1) is 0 Å². The first kappa shape index (κ1) is 8.80. The second kappa shape index (κ2) is 3.28. The van der Waals surface area contributed by atoms with E-state index in [0.717, 1.165) is 17.1 Å². The summed E-state index contributed by atoms with van der Waals surface area (Å²) >= 11 is 6.11. The standard InChI is InChI=1S/C11H9ClN2O/c12-9-4-2-1-3-8(9)10-7-14-5-6-15-11(14)13-10/h1-6,10H,7H2. The van der Waals surface area contributed by atoms with Gasteiger partial charge in [-0.05, 0) is 11.6 Å². The minimum atomic E-state index is 0.0821. The number of halogens is 1. The van der Waals surface area contributed by atoms with Crippen molar-refractivity contribution in [1.29, 1.82) is 0 Å². The number of nitrogens with zero attached hydrogens (tertiary/aromatic N) is 2. The van der Waals surface area contributed by atoms with E-state index in [-0.39, 0.29) is 6.04 Å². The maximum atomic E-state index is 6.11. The molecule has 15 heavy (non-hydrogen) atoms. The molecule has 1 unspecified atom stereocenters. The van der Waals surface area contributed by atoms with Crippen LogP contribution < -0.4 is 0 Å². The van der Waals surface area contributed by atoms with E-state index in [1.807, 2.05) is 35.4 Å². The molecule has 0 spiro atoms. The normalized spacial score (nSPS) is 22.6. The van der Waals surface area contributed by atoms with Crippen molar-refractivity contribution in [1.82, 2.24) is 4.90 Å². The van der Waals surface area contributed by atoms with Gasteiger partial charge < -0.3 is 4.74 Å². The lowest BCUT2D eigenvalue weighted by Gasteiger charge is -2.10. The number of benzene rings is 1. The zero-order valence-electron chi connectivity index (χ0n) is 7.93. The molecule has 2 aliphatic rings. The Morgan fingerprint density at radius 3 is 3.07 bits per heavy atom. The Bertz CT molecular complexity index is 456. The second-order valence-corrected chi connectivity index (χ2v) is 3.91. The van der Waals surface area contributed by atoms with Gasteiger partial charge in [-0.2, -0.15) is 0 Å². The first-order chi connectivity index (χ1) is 7.34. The van der Waals surface area contributed by atoms with Crippen molar-refractivity contribution in [2.75, 3.05) is 6.54 Å². The maximum Gasteiger partial charge on any atom is 0.297 e. The molecule has 0 fully saturated rings. The molecule has 3 nitrogen and oxygen atoms in total.